The third-order valence-electron chi connectivity index (χ3n) is 3.11. The van der Waals surface area contributed by atoms with Crippen molar-refractivity contribution in [2.75, 3.05) is 19.7 Å². The van der Waals surface area contributed by atoms with Gasteiger partial charge in [-0.3, -0.25) is 19.4 Å². The van der Waals surface area contributed by atoms with Crippen molar-refractivity contribution in [1.82, 2.24) is 9.80 Å². The van der Waals surface area contributed by atoms with Crippen LogP contribution in [0.15, 0.2) is 0 Å². The lowest BCUT2D eigenvalue weighted by Crippen LogP contribution is -2.40. The van der Waals surface area contributed by atoms with Gasteiger partial charge in [-0.1, -0.05) is 0 Å². The monoisotopic (exact) mass is 240 g/mol. The molecule has 0 N–H and O–H groups in total. The maximum Gasteiger partial charge on any atom is 0.334 e. The first-order valence-electron chi connectivity index (χ1n) is 5.94. The van der Waals surface area contributed by atoms with Crippen molar-refractivity contribution in [1.29, 1.82) is 0 Å². The summed E-state index contributed by atoms with van der Waals surface area (Å²) in [6, 6.07) is -0.517. The molecule has 17 heavy (non-hydrogen) atoms. The number of amides is 4. The molecule has 0 aromatic carbocycles. The van der Waals surface area contributed by atoms with Crippen LogP contribution in [0.3, 0.4) is 0 Å². The zero-order valence-electron chi connectivity index (χ0n) is 9.85. The van der Waals surface area contributed by atoms with Gasteiger partial charge in [-0.05, 0) is 26.2 Å². The van der Waals surface area contributed by atoms with E-state index < -0.39 is 17.8 Å². The summed E-state index contributed by atoms with van der Waals surface area (Å²) in [4.78, 5) is 36.8. The second-order valence-corrected chi connectivity index (χ2v) is 4.24. The largest absolute Gasteiger partial charge is 0.376 e. The van der Waals surface area contributed by atoms with Gasteiger partial charge in [-0.25, -0.2) is 4.79 Å². The van der Waals surface area contributed by atoms with Crippen LogP contribution in [0.1, 0.15) is 26.2 Å². The molecule has 0 bridgehead atoms. The highest BCUT2D eigenvalue weighted by molar-refractivity contribution is 6.44. The zero-order valence-corrected chi connectivity index (χ0v) is 9.85. The number of carbonyl (C=O) groups excluding carboxylic acids is 3. The van der Waals surface area contributed by atoms with Gasteiger partial charge in [0.2, 0.25) is 0 Å². The van der Waals surface area contributed by atoms with Gasteiger partial charge in [0, 0.05) is 13.2 Å². The minimum Gasteiger partial charge on any atom is -0.376 e. The SMILES string of the molecule is CCN1C(=O)C(=O)N(C[C@@H]2CCCCO2)C1=O. The van der Waals surface area contributed by atoms with Gasteiger partial charge in [-0.15, -0.1) is 0 Å². The van der Waals surface area contributed by atoms with Crippen LogP contribution in [0.4, 0.5) is 4.79 Å². The van der Waals surface area contributed by atoms with Crippen LogP contribution in [-0.4, -0.2) is 53.4 Å². The molecule has 2 aliphatic rings. The third kappa shape index (κ3) is 2.17. The van der Waals surface area contributed by atoms with E-state index in [9.17, 15) is 14.4 Å². The van der Waals surface area contributed by atoms with Crippen molar-refractivity contribution in [3.05, 3.63) is 0 Å². The molecule has 2 saturated heterocycles. The van der Waals surface area contributed by atoms with Gasteiger partial charge in [0.1, 0.15) is 0 Å². The first kappa shape index (κ1) is 12.0. The number of likely N-dealkylation sites (N-methyl/N-ethyl adjacent to an activating group) is 1. The van der Waals surface area contributed by atoms with Crippen LogP contribution < -0.4 is 0 Å². The van der Waals surface area contributed by atoms with Gasteiger partial charge >= 0.3 is 17.8 Å². The Kier molecular flexibility index (Phi) is 3.42. The topological polar surface area (TPSA) is 66.9 Å². The maximum atomic E-state index is 11.8. The molecule has 6 heteroatoms. The first-order valence-corrected chi connectivity index (χ1v) is 5.94. The summed E-state index contributed by atoms with van der Waals surface area (Å²) in [5.74, 6) is -1.46. The average molecular weight is 240 g/mol. The van der Waals surface area contributed by atoms with Crippen LogP contribution in [0.5, 0.6) is 0 Å². The predicted octanol–water partition coefficient (Wildman–Crippen LogP) is 0.366. The highest BCUT2D eigenvalue weighted by atomic mass is 16.5. The van der Waals surface area contributed by atoms with Gasteiger partial charge in [0.05, 0.1) is 12.6 Å². The summed E-state index contributed by atoms with van der Waals surface area (Å²) in [5.41, 5.74) is 0. The van der Waals surface area contributed by atoms with Crippen LogP contribution in [-0.2, 0) is 14.3 Å². The summed E-state index contributed by atoms with van der Waals surface area (Å²) in [6.45, 7) is 2.75. The van der Waals surface area contributed by atoms with E-state index in [2.05, 4.69) is 0 Å². The molecule has 0 spiro atoms. The van der Waals surface area contributed by atoms with Crippen LogP contribution in [0, 0.1) is 0 Å². The molecule has 0 unspecified atom stereocenters. The van der Waals surface area contributed by atoms with E-state index in [0.717, 1.165) is 29.1 Å². The Balaban J connectivity index is 2.03. The Labute approximate surface area is 99.5 Å². The fraction of sp³-hybridized carbons (Fsp3) is 0.727. The Bertz CT molecular complexity index is 349. The van der Waals surface area contributed by atoms with Gasteiger partial charge in [0.15, 0.2) is 0 Å². The maximum absolute atomic E-state index is 11.8. The van der Waals surface area contributed by atoms with E-state index >= 15 is 0 Å². The first-order chi connectivity index (χ1) is 8.15. The van der Waals surface area contributed by atoms with E-state index in [1.54, 1.807) is 6.92 Å². The molecule has 94 valence electrons. The molecule has 6 nitrogen and oxygen atoms in total. The third-order valence-corrected chi connectivity index (χ3v) is 3.11. The van der Waals surface area contributed by atoms with Crippen LogP contribution >= 0.6 is 0 Å². The molecule has 2 rings (SSSR count). The van der Waals surface area contributed by atoms with Crippen molar-refractivity contribution in [3.8, 4) is 0 Å². The van der Waals surface area contributed by atoms with Crippen molar-refractivity contribution in [3.63, 3.8) is 0 Å². The lowest BCUT2D eigenvalue weighted by Gasteiger charge is -2.25. The summed E-state index contributed by atoms with van der Waals surface area (Å²) in [5, 5.41) is 0. The number of carbonyl (C=O) groups is 3. The molecule has 0 aliphatic carbocycles. The van der Waals surface area contributed by atoms with Crippen molar-refractivity contribution in [2.45, 2.75) is 32.3 Å². The van der Waals surface area contributed by atoms with Crippen LogP contribution in [0.2, 0.25) is 0 Å². The van der Waals surface area contributed by atoms with E-state index in [1.807, 2.05) is 0 Å². The molecule has 4 amide bonds. The van der Waals surface area contributed by atoms with E-state index in [4.69, 9.17) is 4.74 Å². The Morgan fingerprint density at radius 1 is 1.18 bits per heavy atom. The molecule has 0 saturated carbocycles. The van der Waals surface area contributed by atoms with Crippen molar-refractivity contribution in [2.24, 2.45) is 0 Å². The fourth-order valence-corrected chi connectivity index (χ4v) is 2.15. The molecule has 2 heterocycles. The standard InChI is InChI=1S/C11H16N2O4/c1-2-12-9(14)10(15)13(11(12)16)7-8-5-3-4-6-17-8/h8H,2-7H2,1H3/t8-/m0/s1. The minimum atomic E-state index is -0.731. The van der Waals surface area contributed by atoms with Gasteiger partial charge < -0.3 is 4.74 Å². The minimum absolute atomic E-state index is 0.124. The number of ether oxygens (including phenoxy) is 1. The summed E-state index contributed by atoms with van der Waals surface area (Å²) < 4.78 is 5.46. The molecular formula is C11H16N2O4. The highest BCUT2D eigenvalue weighted by Crippen LogP contribution is 2.18. The molecule has 0 aromatic heterocycles. The lowest BCUT2D eigenvalue weighted by atomic mass is 10.1. The average Bonchev–Trinajstić information content (AvgIpc) is 2.55. The Hall–Kier alpha value is -1.43. The summed E-state index contributed by atoms with van der Waals surface area (Å²) >= 11 is 0. The number of rotatable bonds is 3. The molecule has 0 aromatic rings. The zero-order chi connectivity index (χ0) is 12.4. The van der Waals surface area contributed by atoms with Crippen molar-refractivity contribution >= 4 is 17.8 Å². The Morgan fingerprint density at radius 2 is 1.88 bits per heavy atom. The normalized spacial score (nSPS) is 25.9. The van der Waals surface area contributed by atoms with E-state index in [0.29, 0.717) is 6.61 Å². The lowest BCUT2D eigenvalue weighted by molar-refractivity contribution is -0.144. The number of hydrogen-bond acceptors (Lipinski definition) is 4. The molecular weight excluding hydrogens is 224 g/mol. The highest BCUT2D eigenvalue weighted by Gasteiger charge is 2.44. The summed E-state index contributed by atoms with van der Waals surface area (Å²) in [6.07, 6.45) is 2.75. The van der Waals surface area contributed by atoms with Gasteiger partial charge in [-0.2, -0.15) is 0 Å². The smallest absolute Gasteiger partial charge is 0.334 e. The molecule has 2 aliphatic heterocycles. The number of imide groups is 2. The molecule has 1 atom stereocenters. The molecule has 0 radical (unpaired) electrons. The number of hydrogen-bond donors (Lipinski definition) is 0. The van der Waals surface area contributed by atoms with E-state index in [1.165, 1.54) is 0 Å². The summed E-state index contributed by atoms with van der Waals surface area (Å²) in [7, 11) is 0. The quantitative estimate of drug-likeness (QED) is 0.528. The van der Waals surface area contributed by atoms with Crippen LogP contribution in [0.25, 0.3) is 0 Å². The van der Waals surface area contributed by atoms with Gasteiger partial charge in [0.25, 0.3) is 0 Å². The Morgan fingerprint density at radius 3 is 2.41 bits per heavy atom. The van der Waals surface area contributed by atoms with E-state index in [-0.39, 0.29) is 19.2 Å². The second-order valence-electron chi connectivity index (χ2n) is 4.24. The second kappa shape index (κ2) is 4.83. The molecule has 2 fully saturated rings. The number of urea groups is 1. The number of nitrogens with zero attached hydrogens (tertiary/aromatic N) is 2. The van der Waals surface area contributed by atoms with Crippen molar-refractivity contribution < 1.29 is 19.1 Å². The fourth-order valence-electron chi connectivity index (χ4n) is 2.15. The predicted molar refractivity (Wildman–Crippen MR) is 58.1 cm³/mol.